The minimum Gasteiger partial charge on any atom is -0.326 e. The predicted octanol–water partition coefficient (Wildman–Crippen LogP) is 1.71. The van der Waals surface area contributed by atoms with Gasteiger partial charge in [-0.3, -0.25) is 0 Å². The number of hydrogen-bond donors (Lipinski definition) is 1. The molecule has 0 aliphatic carbocycles. The summed E-state index contributed by atoms with van der Waals surface area (Å²) in [7, 11) is 1.38. The van der Waals surface area contributed by atoms with Crippen LogP contribution in [0.25, 0.3) is 0 Å². The molecule has 0 bridgehead atoms. The molecule has 0 amide bonds. The van der Waals surface area contributed by atoms with Crippen LogP contribution in [0.15, 0.2) is 21.5 Å². The minimum absolute atomic E-state index is 0.0712. The van der Waals surface area contributed by atoms with Crippen LogP contribution in [0.1, 0.15) is 11.1 Å². The van der Waals surface area contributed by atoms with Gasteiger partial charge >= 0.3 is 0 Å². The first kappa shape index (κ1) is 12.5. The first-order valence-electron chi connectivity index (χ1n) is 3.77. The van der Waals surface area contributed by atoms with E-state index in [1.54, 1.807) is 0 Å². The Balaban J connectivity index is 3.54. The lowest BCUT2D eigenvalue weighted by Gasteiger charge is -2.05. The van der Waals surface area contributed by atoms with E-state index in [2.05, 4.69) is 15.9 Å². The maximum atomic E-state index is 11.1. The van der Waals surface area contributed by atoms with Crippen molar-refractivity contribution in [3.05, 3.63) is 27.7 Å². The van der Waals surface area contributed by atoms with Crippen LogP contribution in [0.2, 0.25) is 0 Å². The van der Waals surface area contributed by atoms with Crippen molar-refractivity contribution in [1.82, 2.24) is 0 Å². The summed E-state index contributed by atoms with van der Waals surface area (Å²) in [4.78, 5) is -0.0736. The van der Waals surface area contributed by atoms with Gasteiger partial charge in [0.1, 0.15) is 6.07 Å². The van der Waals surface area contributed by atoms with Crippen LogP contribution in [0.4, 0.5) is 0 Å². The monoisotopic (exact) mass is 308 g/mol. The van der Waals surface area contributed by atoms with Crippen molar-refractivity contribution in [2.75, 3.05) is 0 Å². The van der Waals surface area contributed by atoms with Crippen LogP contribution in [-0.4, -0.2) is 8.42 Å². The first-order chi connectivity index (χ1) is 6.90. The van der Waals surface area contributed by atoms with E-state index in [-0.39, 0.29) is 11.4 Å². The molecule has 0 fully saturated rings. The fraction of sp³-hybridized carbons (Fsp3) is 0.125. The van der Waals surface area contributed by atoms with E-state index in [0.29, 0.717) is 15.6 Å². The van der Waals surface area contributed by atoms with Crippen molar-refractivity contribution in [2.45, 2.75) is 11.4 Å². The summed E-state index contributed by atoms with van der Waals surface area (Å²) in [6.45, 7) is 0.0712. The Morgan fingerprint density at radius 3 is 2.53 bits per heavy atom. The Hall–Kier alpha value is -0.610. The van der Waals surface area contributed by atoms with Crippen molar-refractivity contribution in [3.8, 4) is 6.07 Å². The number of nitrogens with two attached hydrogens (primary N) is 1. The van der Waals surface area contributed by atoms with Gasteiger partial charge in [-0.05, 0) is 33.6 Å². The Morgan fingerprint density at radius 1 is 1.53 bits per heavy atom. The third kappa shape index (κ3) is 2.69. The summed E-state index contributed by atoms with van der Waals surface area (Å²) in [5.74, 6) is 0. The predicted molar refractivity (Wildman–Crippen MR) is 59.8 cm³/mol. The third-order valence-corrected chi connectivity index (χ3v) is 3.72. The summed E-state index contributed by atoms with van der Waals surface area (Å²) in [6, 6.07) is 4.50. The zero-order chi connectivity index (χ0) is 11.6. The molecule has 0 atom stereocenters. The molecule has 1 rings (SSSR count). The molecule has 0 radical (unpaired) electrons. The molecule has 2 N–H and O–H groups in total. The SMILES string of the molecule is N#Cc1c(Br)cc(S(=O)(=O)Cl)cc1CN. The number of rotatable bonds is 2. The van der Waals surface area contributed by atoms with Gasteiger partial charge in [0.15, 0.2) is 0 Å². The van der Waals surface area contributed by atoms with E-state index in [1.165, 1.54) is 12.1 Å². The van der Waals surface area contributed by atoms with E-state index in [0.717, 1.165) is 0 Å². The van der Waals surface area contributed by atoms with E-state index in [1.807, 2.05) is 6.07 Å². The summed E-state index contributed by atoms with van der Waals surface area (Å²) < 4.78 is 22.5. The zero-order valence-corrected chi connectivity index (χ0v) is 10.5. The average Bonchev–Trinajstić information content (AvgIpc) is 2.15. The van der Waals surface area contributed by atoms with E-state index in [4.69, 9.17) is 21.7 Å². The molecule has 0 aliphatic heterocycles. The summed E-state index contributed by atoms with van der Waals surface area (Å²) >= 11 is 3.09. The van der Waals surface area contributed by atoms with Gasteiger partial charge < -0.3 is 5.73 Å². The maximum Gasteiger partial charge on any atom is 0.261 e. The number of nitriles is 1. The fourth-order valence-electron chi connectivity index (χ4n) is 1.06. The third-order valence-electron chi connectivity index (χ3n) is 1.76. The van der Waals surface area contributed by atoms with Gasteiger partial charge in [0, 0.05) is 21.7 Å². The molecular formula is C8H6BrClN2O2S. The second-order valence-corrected chi connectivity index (χ2v) is 6.11. The van der Waals surface area contributed by atoms with Crippen LogP contribution < -0.4 is 5.73 Å². The summed E-state index contributed by atoms with van der Waals surface area (Å²) in [5.41, 5.74) is 6.15. The number of hydrogen-bond acceptors (Lipinski definition) is 4. The second-order valence-electron chi connectivity index (χ2n) is 2.69. The fourth-order valence-corrected chi connectivity index (χ4v) is 2.61. The Morgan fingerprint density at radius 2 is 2.13 bits per heavy atom. The lowest BCUT2D eigenvalue weighted by molar-refractivity contribution is 0.609. The van der Waals surface area contributed by atoms with Gasteiger partial charge in [-0.25, -0.2) is 8.42 Å². The largest absolute Gasteiger partial charge is 0.326 e. The highest BCUT2D eigenvalue weighted by Crippen LogP contribution is 2.26. The smallest absolute Gasteiger partial charge is 0.261 e. The van der Waals surface area contributed by atoms with Crippen LogP contribution in [0.3, 0.4) is 0 Å². The highest BCUT2D eigenvalue weighted by Gasteiger charge is 2.15. The molecule has 0 heterocycles. The van der Waals surface area contributed by atoms with Crippen molar-refractivity contribution in [3.63, 3.8) is 0 Å². The van der Waals surface area contributed by atoms with Crippen molar-refractivity contribution >= 4 is 35.7 Å². The molecule has 0 saturated carbocycles. The molecule has 1 aromatic rings. The van der Waals surface area contributed by atoms with Gasteiger partial charge in [-0.2, -0.15) is 5.26 Å². The summed E-state index contributed by atoms with van der Waals surface area (Å²) in [5, 5.41) is 8.81. The van der Waals surface area contributed by atoms with E-state index in [9.17, 15) is 8.42 Å². The minimum atomic E-state index is -3.81. The molecule has 4 nitrogen and oxygen atoms in total. The molecular weight excluding hydrogens is 304 g/mol. The molecule has 0 unspecified atom stereocenters. The highest BCUT2D eigenvalue weighted by atomic mass is 79.9. The van der Waals surface area contributed by atoms with Crippen LogP contribution in [-0.2, 0) is 15.6 Å². The lowest BCUT2D eigenvalue weighted by atomic mass is 10.1. The van der Waals surface area contributed by atoms with Crippen molar-refractivity contribution in [1.29, 1.82) is 5.26 Å². The van der Waals surface area contributed by atoms with Crippen LogP contribution in [0.5, 0.6) is 0 Å². The topological polar surface area (TPSA) is 84.0 Å². The van der Waals surface area contributed by atoms with Crippen LogP contribution >= 0.6 is 26.6 Å². The normalized spacial score (nSPS) is 11.1. The molecule has 15 heavy (non-hydrogen) atoms. The number of nitrogens with zero attached hydrogens (tertiary/aromatic N) is 1. The molecule has 0 saturated heterocycles. The van der Waals surface area contributed by atoms with Gasteiger partial charge in [0.25, 0.3) is 9.05 Å². The average molecular weight is 310 g/mol. The highest BCUT2D eigenvalue weighted by molar-refractivity contribution is 9.10. The van der Waals surface area contributed by atoms with Gasteiger partial charge in [0.2, 0.25) is 0 Å². The van der Waals surface area contributed by atoms with Crippen molar-refractivity contribution in [2.24, 2.45) is 5.73 Å². The van der Waals surface area contributed by atoms with Crippen molar-refractivity contribution < 1.29 is 8.42 Å². The maximum absolute atomic E-state index is 11.1. The summed E-state index contributed by atoms with van der Waals surface area (Å²) in [6.07, 6.45) is 0. The van der Waals surface area contributed by atoms with Crippen LogP contribution in [0, 0.1) is 11.3 Å². The van der Waals surface area contributed by atoms with E-state index < -0.39 is 9.05 Å². The Kier molecular flexibility index (Phi) is 3.73. The Bertz CT molecular complexity index is 536. The Labute approximate surface area is 100 Å². The first-order valence-corrected chi connectivity index (χ1v) is 6.87. The molecule has 0 aromatic heterocycles. The zero-order valence-electron chi connectivity index (χ0n) is 7.37. The standard InChI is InChI=1S/C8H6BrClN2O2S/c9-8-2-6(15(10,13)14)1-5(3-11)7(8)4-12/h1-2H,3,11H2. The van der Waals surface area contributed by atoms with E-state index >= 15 is 0 Å². The lowest BCUT2D eigenvalue weighted by Crippen LogP contribution is -2.03. The molecule has 0 aliphatic rings. The number of benzene rings is 1. The molecule has 1 aromatic carbocycles. The van der Waals surface area contributed by atoms with Gasteiger partial charge in [-0.1, -0.05) is 0 Å². The second kappa shape index (κ2) is 4.49. The molecule has 0 spiro atoms. The molecule has 7 heteroatoms. The van der Waals surface area contributed by atoms with Gasteiger partial charge in [0.05, 0.1) is 10.5 Å². The van der Waals surface area contributed by atoms with Gasteiger partial charge in [-0.15, -0.1) is 0 Å². The number of halogens is 2. The molecule has 80 valence electrons. The quantitative estimate of drug-likeness (QED) is 0.843.